The number of anilines is 2. The van der Waals surface area contributed by atoms with Crippen LogP contribution in [0.1, 0.15) is 19.8 Å². The van der Waals surface area contributed by atoms with Crippen LogP contribution in [0.25, 0.3) is 0 Å². The first-order chi connectivity index (χ1) is 11.3. The van der Waals surface area contributed by atoms with Crippen molar-refractivity contribution in [2.24, 2.45) is 0 Å². The van der Waals surface area contributed by atoms with Crippen LogP contribution in [0, 0.1) is 0 Å². The van der Waals surface area contributed by atoms with Crippen molar-refractivity contribution in [2.75, 3.05) is 62.6 Å². The lowest BCUT2D eigenvalue weighted by Crippen LogP contribution is -2.49. The average Bonchev–Trinajstić information content (AvgIpc) is 3.15. The van der Waals surface area contributed by atoms with Gasteiger partial charge >= 0.3 is 0 Å². The van der Waals surface area contributed by atoms with E-state index < -0.39 is 0 Å². The van der Waals surface area contributed by atoms with Crippen LogP contribution in [-0.4, -0.2) is 68.1 Å². The van der Waals surface area contributed by atoms with Crippen LogP contribution in [0.4, 0.5) is 11.4 Å². The lowest BCUT2D eigenvalue weighted by atomic mass is 10.2. The summed E-state index contributed by atoms with van der Waals surface area (Å²) < 4.78 is 0. The van der Waals surface area contributed by atoms with Crippen molar-refractivity contribution in [1.82, 2.24) is 9.80 Å². The SMILES string of the molecule is CCN1CCN(C(=O)CNc2ccc(N3CCCC3)cc2)CC1. The monoisotopic (exact) mass is 316 g/mol. The number of hydrogen-bond donors (Lipinski definition) is 1. The molecule has 3 rings (SSSR count). The van der Waals surface area contributed by atoms with E-state index in [-0.39, 0.29) is 5.91 Å². The van der Waals surface area contributed by atoms with Crippen LogP contribution in [0.15, 0.2) is 24.3 Å². The number of rotatable bonds is 5. The zero-order valence-electron chi connectivity index (χ0n) is 14.1. The fourth-order valence-corrected chi connectivity index (χ4v) is 3.37. The molecular formula is C18H28N4O. The maximum atomic E-state index is 12.3. The summed E-state index contributed by atoms with van der Waals surface area (Å²) in [5.41, 5.74) is 2.31. The maximum Gasteiger partial charge on any atom is 0.241 e. The highest BCUT2D eigenvalue weighted by molar-refractivity contribution is 5.81. The number of nitrogens with zero attached hydrogens (tertiary/aromatic N) is 3. The largest absolute Gasteiger partial charge is 0.376 e. The first kappa shape index (κ1) is 16.1. The van der Waals surface area contributed by atoms with Crippen LogP contribution in [0.3, 0.4) is 0 Å². The molecule has 2 aliphatic heterocycles. The Hall–Kier alpha value is -1.75. The van der Waals surface area contributed by atoms with E-state index >= 15 is 0 Å². The molecule has 0 aromatic heterocycles. The second-order valence-corrected chi connectivity index (χ2v) is 6.41. The van der Waals surface area contributed by atoms with Crippen molar-refractivity contribution >= 4 is 17.3 Å². The fourth-order valence-electron chi connectivity index (χ4n) is 3.37. The third kappa shape index (κ3) is 4.16. The Labute approximate surface area is 139 Å². The van der Waals surface area contributed by atoms with E-state index in [9.17, 15) is 4.79 Å². The molecule has 0 aliphatic carbocycles. The van der Waals surface area contributed by atoms with Crippen LogP contribution in [0.2, 0.25) is 0 Å². The molecule has 0 radical (unpaired) electrons. The standard InChI is InChI=1S/C18H28N4O/c1-2-20-11-13-22(14-12-20)18(23)15-19-16-5-7-17(8-6-16)21-9-3-4-10-21/h5-8,19H,2-4,9-15H2,1H3. The van der Waals surface area contributed by atoms with Crippen molar-refractivity contribution in [1.29, 1.82) is 0 Å². The van der Waals surface area contributed by atoms with Crippen LogP contribution < -0.4 is 10.2 Å². The third-order valence-electron chi connectivity index (χ3n) is 4.95. The van der Waals surface area contributed by atoms with E-state index in [1.807, 2.05) is 4.90 Å². The highest BCUT2D eigenvalue weighted by Crippen LogP contribution is 2.21. The van der Waals surface area contributed by atoms with Gasteiger partial charge in [-0.05, 0) is 43.7 Å². The Kier molecular flexibility index (Phi) is 5.39. The Morgan fingerprint density at radius 1 is 1.00 bits per heavy atom. The van der Waals surface area contributed by atoms with Gasteiger partial charge in [-0.2, -0.15) is 0 Å². The number of benzene rings is 1. The summed E-state index contributed by atoms with van der Waals surface area (Å²) in [5, 5.41) is 3.26. The van der Waals surface area contributed by atoms with E-state index in [1.165, 1.54) is 18.5 Å². The number of likely N-dealkylation sites (N-methyl/N-ethyl adjacent to an activating group) is 1. The Morgan fingerprint density at radius 3 is 2.26 bits per heavy atom. The Balaban J connectivity index is 1.45. The summed E-state index contributed by atoms with van der Waals surface area (Å²) in [5.74, 6) is 0.198. The summed E-state index contributed by atoms with van der Waals surface area (Å²) in [4.78, 5) is 19.1. The average molecular weight is 316 g/mol. The Morgan fingerprint density at radius 2 is 1.65 bits per heavy atom. The highest BCUT2D eigenvalue weighted by atomic mass is 16.2. The van der Waals surface area contributed by atoms with Gasteiger partial charge in [-0.3, -0.25) is 4.79 Å². The van der Waals surface area contributed by atoms with Crippen LogP contribution >= 0.6 is 0 Å². The third-order valence-corrected chi connectivity index (χ3v) is 4.95. The molecule has 2 heterocycles. The van der Waals surface area contributed by atoms with Gasteiger partial charge in [0.1, 0.15) is 0 Å². The summed E-state index contributed by atoms with van der Waals surface area (Å²) in [6, 6.07) is 8.46. The molecule has 2 saturated heterocycles. The summed E-state index contributed by atoms with van der Waals surface area (Å²) in [7, 11) is 0. The first-order valence-electron chi connectivity index (χ1n) is 8.85. The van der Waals surface area contributed by atoms with Crippen LogP contribution in [-0.2, 0) is 4.79 Å². The predicted molar refractivity (Wildman–Crippen MR) is 95.1 cm³/mol. The van der Waals surface area contributed by atoms with Crippen molar-refractivity contribution in [2.45, 2.75) is 19.8 Å². The van der Waals surface area contributed by atoms with Crippen molar-refractivity contribution < 1.29 is 4.79 Å². The minimum absolute atomic E-state index is 0.198. The topological polar surface area (TPSA) is 38.8 Å². The molecule has 1 amide bonds. The molecule has 0 unspecified atom stereocenters. The molecule has 2 aliphatic rings. The highest BCUT2D eigenvalue weighted by Gasteiger charge is 2.19. The van der Waals surface area contributed by atoms with E-state index in [4.69, 9.17) is 0 Å². The number of hydrogen-bond acceptors (Lipinski definition) is 4. The Bertz CT molecular complexity index is 502. The van der Waals surface area contributed by atoms with Crippen molar-refractivity contribution in [3.63, 3.8) is 0 Å². The molecule has 1 aromatic rings. The molecule has 1 aromatic carbocycles. The van der Waals surface area contributed by atoms with Gasteiger partial charge in [0.15, 0.2) is 0 Å². The molecule has 0 spiro atoms. The van der Waals surface area contributed by atoms with Crippen molar-refractivity contribution in [3.05, 3.63) is 24.3 Å². The van der Waals surface area contributed by atoms with E-state index in [2.05, 4.69) is 46.3 Å². The number of carbonyl (C=O) groups is 1. The van der Waals surface area contributed by atoms with Gasteiger partial charge in [-0.15, -0.1) is 0 Å². The quantitative estimate of drug-likeness (QED) is 0.900. The number of nitrogens with one attached hydrogen (secondary N) is 1. The summed E-state index contributed by atoms with van der Waals surface area (Å²) in [6.45, 7) is 9.64. The zero-order chi connectivity index (χ0) is 16.1. The number of carbonyl (C=O) groups excluding carboxylic acids is 1. The molecule has 2 fully saturated rings. The van der Waals surface area contributed by atoms with Gasteiger partial charge in [0.2, 0.25) is 5.91 Å². The molecule has 0 saturated carbocycles. The molecule has 0 bridgehead atoms. The van der Waals surface area contributed by atoms with Gasteiger partial charge in [-0.25, -0.2) is 0 Å². The molecule has 0 atom stereocenters. The lowest BCUT2D eigenvalue weighted by Gasteiger charge is -2.34. The number of piperazine rings is 1. The van der Waals surface area contributed by atoms with Gasteiger partial charge in [-0.1, -0.05) is 6.92 Å². The van der Waals surface area contributed by atoms with E-state index in [1.54, 1.807) is 0 Å². The second-order valence-electron chi connectivity index (χ2n) is 6.41. The molecular weight excluding hydrogens is 288 g/mol. The molecule has 5 nitrogen and oxygen atoms in total. The maximum absolute atomic E-state index is 12.3. The van der Waals surface area contributed by atoms with Crippen LogP contribution in [0.5, 0.6) is 0 Å². The minimum atomic E-state index is 0.198. The van der Waals surface area contributed by atoms with Crippen molar-refractivity contribution in [3.8, 4) is 0 Å². The van der Waals surface area contributed by atoms with Gasteiger partial charge in [0, 0.05) is 50.6 Å². The summed E-state index contributed by atoms with van der Waals surface area (Å²) in [6.07, 6.45) is 2.58. The first-order valence-corrected chi connectivity index (χ1v) is 8.85. The molecule has 1 N–H and O–H groups in total. The normalized spacial score (nSPS) is 19.2. The van der Waals surface area contributed by atoms with E-state index in [0.717, 1.165) is 51.5 Å². The molecule has 126 valence electrons. The van der Waals surface area contributed by atoms with Gasteiger partial charge in [0.25, 0.3) is 0 Å². The zero-order valence-corrected chi connectivity index (χ0v) is 14.1. The molecule has 5 heteroatoms. The number of amides is 1. The smallest absolute Gasteiger partial charge is 0.241 e. The second kappa shape index (κ2) is 7.68. The van der Waals surface area contributed by atoms with Gasteiger partial charge < -0.3 is 20.0 Å². The molecule has 23 heavy (non-hydrogen) atoms. The predicted octanol–water partition coefficient (Wildman–Crippen LogP) is 1.86. The van der Waals surface area contributed by atoms with E-state index in [0.29, 0.717) is 6.54 Å². The fraction of sp³-hybridized carbons (Fsp3) is 0.611. The summed E-state index contributed by atoms with van der Waals surface area (Å²) >= 11 is 0. The lowest BCUT2D eigenvalue weighted by molar-refractivity contribution is -0.131. The minimum Gasteiger partial charge on any atom is -0.376 e. The van der Waals surface area contributed by atoms with Gasteiger partial charge in [0.05, 0.1) is 6.54 Å².